The molecule has 0 aliphatic carbocycles. The average molecular weight is 303 g/mol. The average Bonchev–Trinajstić information content (AvgIpc) is 2.82. The van der Waals surface area contributed by atoms with E-state index in [1.165, 1.54) is 17.7 Å². The Kier molecular flexibility index (Phi) is 4.55. The molecule has 1 atom stereocenters. The summed E-state index contributed by atoms with van der Waals surface area (Å²) in [5.74, 6) is -0.232. The maximum absolute atomic E-state index is 13.1. The van der Waals surface area contributed by atoms with Crippen LogP contribution in [0.3, 0.4) is 0 Å². The van der Waals surface area contributed by atoms with E-state index in [0.29, 0.717) is 6.04 Å². The van der Waals surface area contributed by atoms with Crippen molar-refractivity contribution in [1.29, 1.82) is 0 Å². The van der Waals surface area contributed by atoms with Crippen LogP contribution in [0.15, 0.2) is 24.3 Å². The molecule has 2 aromatic rings. The Morgan fingerprint density at radius 1 is 1.32 bits per heavy atom. The van der Waals surface area contributed by atoms with E-state index in [1.807, 2.05) is 11.6 Å². The van der Waals surface area contributed by atoms with Gasteiger partial charge < -0.3 is 10.1 Å². The van der Waals surface area contributed by atoms with Crippen LogP contribution in [0.25, 0.3) is 5.69 Å². The fourth-order valence-electron chi connectivity index (χ4n) is 2.91. The number of halogens is 1. The van der Waals surface area contributed by atoms with Gasteiger partial charge in [0.25, 0.3) is 0 Å². The van der Waals surface area contributed by atoms with Gasteiger partial charge in [-0.2, -0.15) is 5.10 Å². The molecule has 0 unspecified atom stereocenters. The highest BCUT2D eigenvalue weighted by Crippen LogP contribution is 2.19. The minimum atomic E-state index is -0.232. The Morgan fingerprint density at radius 2 is 2.09 bits per heavy atom. The van der Waals surface area contributed by atoms with E-state index >= 15 is 0 Å². The summed E-state index contributed by atoms with van der Waals surface area (Å²) in [6.45, 7) is 6.51. The highest BCUT2D eigenvalue weighted by molar-refractivity contribution is 5.37. The molecule has 1 aromatic carbocycles. The van der Waals surface area contributed by atoms with Crippen molar-refractivity contribution in [2.75, 3.05) is 13.2 Å². The molecule has 1 aliphatic rings. The van der Waals surface area contributed by atoms with Crippen LogP contribution in [0, 0.1) is 19.7 Å². The fraction of sp³-hybridized carbons (Fsp3) is 0.471. The number of aryl methyl sites for hydroxylation is 1. The Labute approximate surface area is 130 Å². The molecule has 4 nitrogen and oxygen atoms in total. The summed E-state index contributed by atoms with van der Waals surface area (Å²) >= 11 is 0. The summed E-state index contributed by atoms with van der Waals surface area (Å²) in [5, 5.41) is 8.15. The minimum Gasteiger partial charge on any atom is -0.380 e. The topological polar surface area (TPSA) is 39.1 Å². The second kappa shape index (κ2) is 6.58. The Hall–Kier alpha value is -1.72. The van der Waals surface area contributed by atoms with Crippen molar-refractivity contribution in [2.45, 2.75) is 39.3 Å². The van der Waals surface area contributed by atoms with Gasteiger partial charge in [-0.1, -0.05) is 0 Å². The quantitative estimate of drug-likeness (QED) is 0.944. The zero-order valence-corrected chi connectivity index (χ0v) is 13.1. The van der Waals surface area contributed by atoms with E-state index < -0.39 is 0 Å². The molecular formula is C17H22FN3O. The van der Waals surface area contributed by atoms with Crippen molar-refractivity contribution < 1.29 is 9.13 Å². The standard InChI is InChI=1S/C17H22FN3O/c1-12-17(10-19-15-4-3-9-22-11-15)13(2)21(20-12)16-7-5-14(18)6-8-16/h5-8,15,19H,3-4,9-11H2,1-2H3/t15-/m0/s1. The van der Waals surface area contributed by atoms with Crippen LogP contribution in [-0.4, -0.2) is 29.0 Å². The number of nitrogens with zero attached hydrogens (tertiary/aromatic N) is 2. The third-order valence-corrected chi connectivity index (χ3v) is 4.24. The third kappa shape index (κ3) is 3.20. The summed E-state index contributed by atoms with van der Waals surface area (Å²) in [5.41, 5.74) is 4.18. The molecule has 5 heteroatoms. The van der Waals surface area contributed by atoms with Crippen LogP contribution in [0.5, 0.6) is 0 Å². The molecule has 0 radical (unpaired) electrons. The van der Waals surface area contributed by atoms with Crippen molar-refractivity contribution in [2.24, 2.45) is 0 Å². The summed E-state index contributed by atoms with van der Waals surface area (Å²) in [6.07, 6.45) is 2.27. The molecule has 0 spiro atoms. The van der Waals surface area contributed by atoms with Crippen molar-refractivity contribution in [1.82, 2.24) is 15.1 Å². The Balaban J connectivity index is 1.76. The highest BCUT2D eigenvalue weighted by atomic mass is 19.1. The largest absolute Gasteiger partial charge is 0.380 e. The van der Waals surface area contributed by atoms with E-state index in [0.717, 1.165) is 49.7 Å². The van der Waals surface area contributed by atoms with E-state index in [4.69, 9.17) is 4.74 Å². The molecule has 1 aromatic heterocycles. The van der Waals surface area contributed by atoms with Gasteiger partial charge in [0.1, 0.15) is 5.82 Å². The van der Waals surface area contributed by atoms with Crippen molar-refractivity contribution >= 4 is 0 Å². The molecule has 0 amide bonds. The predicted molar refractivity (Wildman–Crippen MR) is 83.7 cm³/mol. The molecule has 1 N–H and O–H groups in total. The maximum atomic E-state index is 13.1. The second-order valence-electron chi connectivity index (χ2n) is 5.83. The van der Waals surface area contributed by atoms with Gasteiger partial charge in [-0.05, 0) is 51.0 Å². The molecular weight excluding hydrogens is 281 g/mol. The molecule has 2 heterocycles. The lowest BCUT2D eigenvalue weighted by Crippen LogP contribution is -2.36. The lowest BCUT2D eigenvalue weighted by molar-refractivity contribution is 0.0699. The van der Waals surface area contributed by atoms with Crippen LogP contribution in [0.2, 0.25) is 0 Å². The lowest BCUT2D eigenvalue weighted by Gasteiger charge is -2.23. The SMILES string of the molecule is Cc1nn(-c2ccc(F)cc2)c(C)c1CN[C@H]1CCCOC1. The third-order valence-electron chi connectivity index (χ3n) is 4.24. The van der Waals surface area contributed by atoms with Crippen LogP contribution in [0.1, 0.15) is 29.8 Å². The number of ether oxygens (including phenoxy) is 1. The van der Waals surface area contributed by atoms with Gasteiger partial charge in [-0.3, -0.25) is 0 Å². The van der Waals surface area contributed by atoms with Gasteiger partial charge >= 0.3 is 0 Å². The van der Waals surface area contributed by atoms with Crippen molar-refractivity contribution in [3.8, 4) is 5.69 Å². The molecule has 3 rings (SSSR count). The van der Waals surface area contributed by atoms with Crippen molar-refractivity contribution in [3.05, 3.63) is 47.0 Å². The highest BCUT2D eigenvalue weighted by Gasteiger charge is 2.17. The molecule has 1 saturated heterocycles. The number of benzene rings is 1. The molecule has 0 bridgehead atoms. The van der Waals surface area contributed by atoms with Crippen LogP contribution >= 0.6 is 0 Å². The van der Waals surface area contributed by atoms with Gasteiger partial charge in [-0.25, -0.2) is 9.07 Å². The second-order valence-corrected chi connectivity index (χ2v) is 5.83. The fourth-order valence-corrected chi connectivity index (χ4v) is 2.91. The first-order chi connectivity index (χ1) is 10.6. The summed E-state index contributed by atoms with van der Waals surface area (Å²) in [6, 6.07) is 6.84. The van der Waals surface area contributed by atoms with E-state index in [2.05, 4.69) is 17.3 Å². The number of hydrogen-bond acceptors (Lipinski definition) is 3. The first-order valence-corrected chi connectivity index (χ1v) is 7.77. The predicted octanol–water partition coefficient (Wildman–Crippen LogP) is 2.90. The van der Waals surface area contributed by atoms with Gasteiger partial charge in [-0.15, -0.1) is 0 Å². The van der Waals surface area contributed by atoms with Crippen LogP contribution in [-0.2, 0) is 11.3 Å². The van der Waals surface area contributed by atoms with Gasteiger partial charge in [0.2, 0.25) is 0 Å². The van der Waals surface area contributed by atoms with Gasteiger partial charge in [0, 0.05) is 30.5 Å². The number of rotatable bonds is 4. The first-order valence-electron chi connectivity index (χ1n) is 7.77. The molecule has 1 aliphatic heterocycles. The molecule has 22 heavy (non-hydrogen) atoms. The first kappa shape index (κ1) is 15.2. The Bertz CT molecular complexity index is 630. The number of hydrogen-bond donors (Lipinski definition) is 1. The zero-order valence-electron chi connectivity index (χ0n) is 13.1. The maximum Gasteiger partial charge on any atom is 0.123 e. The summed E-state index contributed by atoms with van der Waals surface area (Å²) < 4.78 is 20.4. The minimum absolute atomic E-state index is 0.232. The van der Waals surface area contributed by atoms with Gasteiger partial charge in [0.15, 0.2) is 0 Å². The number of nitrogens with one attached hydrogen (secondary N) is 1. The zero-order chi connectivity index (χ0) is 15.5. The van der Waals surface area contributed by atoms with Crippen molar-refractivity contribution in [3.63, 3.8) is 0 Å². The van der Waals surface area contributed by atoms with Crippen LogP contribution in [0.4, 0.5) is 4.39 Å². The molecule has 0 saturated carbocycles. The smallest absolute Gasteiger partial charge is 0.123 e. The monoisotopic (exact) mass is 303 g/mol. The summed E-state index contributed by atoms with van der Waals surface area (Å²) in [7, 11) is 0. The Morgan fingerprint density at radius 3 is 2.77 bits per heavy atom. The summed E-state index contributed by atoms with van der Waals surface area (Å²) in [4.78, 5) is 0. The normalized spacial score (nSPS) is 18.6. The van der Waals surface area contributed by atoms with E-state index in [-0.39, 0.29) is 5.82 Å². The number of aromatic nitrogens is 2. The van der Waals surface area contributed by atoms with Gasteiger partial charge in [0.05, 0.1) is 18.0 Å². The lowest BCUT2D eigenvalue weighted by atomic mass is 10.1. The molecule has 118 valence electrons. The van der Waals surface area contributed by atoms with E-state index in [1.54, 1.807) is 12.1 Å². The van der Waals surface area contributed by atoms with Crippen LogP contribution < -0.4 is 5.32 Å². The van der Waals surface area contributed by atoms with E-state index in [9.17, 15) is 4.39 Å². The molecule has 1 fully saturated rings.